The fourth-order valence-electron chi connectivity index (χ4n) is 2.40. The second-order valence-electron chi connectivity index (χ2n) is 5.97. The van der Waals surface area contributed by atoms with Crippen LogP contribution in [0.3, 0.4) is 0 Å². The van der Waals surface area contributed by atoms with E-state index in [1.165, 1.54) is 30.3 Å². The van der Waals surface area contributed by atoms with Crippen molar-refractivity contribution in [2.75, 3.05) is 4.72 Å². The zero-order valence-corrected chi connectivity index (χ0v) is 17.9. The molecule has 4 N–H and O–H groups in total. The van der Waals surface area contributed by atoms with Gasteiger partial charge in [0.15, 0.2) is 0 Å². The molecular weight excluding hydrogens is 466 g/mol. The third kappa shape index (κ3) is 5.27. The number of sulfonamides is 2. The lowest BCUT2D eigenvalue weighted by atomic mass is 10.2. The predicted octanol–water partition coefficient (Wildman–Crippen LogP) is 1.87. The number of para-hydroxylation sites is 1. The minimum atomic E-state index is -4.20. The van der Waals surface area contributed by atoms with Gasteiger partial charge in [0, 0.05) is 0 Å². The first-order valence-electron chi connectivity index (χ1n) is 8.41. The Bertz CT molecular complexity index is 1320. The van der Waals surface area contributed by atoms with Crippen molar-refractivity contribution in [3.8, 4) is 0 Å². The van der Waals surface area contributed by atoms with Crippen LogP contribution in [-0.4, -0.2) is 33.8 Å². The van der Waals surface area contributed by atoms with Gasteiger partial charge in [-0.05, 0) is 47.8 Å². The Balaban J connectivity index is 1.76. The van der Waals surface area contributed by atoms with Gasteiger partial charge in [0.2, 0.25) is 0 Å². The summed E-state index contributed by atoms with van der Waals surface area (Å²) in [5.41, 5.74) is 1.75. The van der Waals surface area contributed by atoms with E-state index in [2.05, 4.69) is 4.72 Å². The van der Waals surface area contributed by atoms with Crippen LogP contribution in [0.4, 0.5) is 5.69 Å². The van der Waals surface area contributed by atoms with E-state index in [4.69, 9.17) is 5.11 Å². The molecule has 0 unspecified atom stereocenters. The summed E-state index contributed by atoms with van der Waals surface area (Å²) in [6.07, 6.45) is 0. The van der Waals surface area contributed by atoms with Crippen LogP contribution >= 0.6 is 11.3 Å². The first-order chi connectivity index (χ1) is 14.6. The third-order valence-electron chi connectivity index (χ3n) is 3.89. The summed E-state index contributed by atoms with van der Waals surface area (Å²) in [7, 11) is -8.12. The second-order valence-corrected chi connectivity index (χ2v) is 10.5. The fourth-order valence-corrected chi connectivity index (χ4v) is 5.31. The van der Waals surface area contributed by atoms with Crippen LogP contribution in [0.25, 0.3) is 0 Å². The lowest BCUT2D eigenvalue weighted by Gasteiger charge is -2.13. The van der Waals surface area contributed by atoms with Crippen molar-refractivity contribution in [1.82, 2.24) is 10.3 Å². The van der Waals surface area contributed by atoms with Crippen molar-refractivity contribution >= 4 is 48.9 Å². The largest absolute Gasteiger partial charge is 0.478 e. The van der Waals surface area contributed by atoms with E-state index < -0.39 is 31.9 Å². The molecule has 10 nitrogen and oxygen atoms in total. The number of nitrogens with one attached hydrogen (secondary N) is 3. The molecular formula is C18H15N3O7S3. The van der Waals surface area contributed by atoms with Gasteiger partial charge in [0.25, 0.3) is 26.0 Å². The number of thiophene rings is 1. The number of carboxylic acid groups (broad SMARTS) is 1. The lowest BCUT2D eigenvalue weighted by molar-refractivity contribution is 0.0696. The Morgan fingerprint density at radius 1 is 0.839 bits per heavy atom. The monoisotopic (exact) mass is 481 g/mol. The van der Waals surface area contributed by atoms with E-state index in [0.29, 0.717) is 0 Å². The molecule has 2 aromatic carbocycles. The fraction of sp³-hybridized carbons (Fsp3) is 0. The molecule has 0 aliphatic heterocycles. The number of benzene rings is 2. The molecule has 162 valence electrons. The van der Waals surface area contributed by atoms with Gasteiger partial charge in [-0.25, -0.2) is 21.6 Å². The van der Waals surface area contributed by atoms with E-state index in [1.54, 1.807) is 11.4 Å². The Hall–Kier alpha value is -3.26. The van der Waals surface area contributed by atoms with Crippen LogP contribution in [0.2, 0.25) is 0 Å². The molecule has 31 heavy (non-hydrogen) atoms. The van der Waals surface area contributed by atoms with Crippen molar-refractivity contribution in [3.63, 3.8) is 0 Å². The SMILES string of the molecule is O=C(O)c1ccc(S(=O)(=O)NNC(=O)c2ccccc2NS(=O)(=O)c2cccs2)cc1. The highest BCUT2D eigenvalue weighted by molar-refractivity contribution is 7.94. The molecule has 1 aromatic heterocycles. The molecule has 0 spiro atoms. The van der Waals surface area contributed by atoms with Crippen LogP contribution in [-0.2, 0) is 20.0 Å². The molecule has 3 aromatic rings. The highest BCUT2D eigenvalue weighted by Crippen LogP contribution is 2.22. The van der Waals surface area contributed by atoms with Gasteiger partial charge < -0.3 is 5.11 Å². The topological polar surface area (TPSA) is 159 Å². The molecule has 1 amide bonds. The maximum absolute atomic E-state index is 12.5. The van der Waals surface area contributed by atoms with Gasteiger partial charge in [0.1, 0.15) is 4.21 Å². The molecule has 0 aliphatic carbocycles. The number of hydrogen-bond acceptors (Lipinski definition) is 7. The zero-order valence-electron chi connectivity index (χ0n) is 15.5. The first-order valence-corrected chi connectivity index (χ1v) is 12.3. The summed E-state index contributed by atoms with van der Waals surface area (Å²) in [5, 5.41) is 10.5. The average molecular weight is 482 g/mol. The van der Waals surface area contributed by atoms with Gasteiger partial charge >= 0.3 is 5.97 Å². The molecule has 0 bridgehead atoms. The lowest BCUT2D eigenvalue weighted by Crippen LogP contribution is -2.41. The Morgan fingerprint density at radius 2 is 1.52 bits per heavy atom. The molecule has 1 heterocycles. The number of anilines is 1. The highest BCUT2D eigenvalue weighted by atomic mass is 32.2. The molecule has 0 fully saturated rings. The normalized spacial score (nSPS) is 11.6. The van der Waals surface area contributed by atoms with Crippen LogP contribution in [0, 0.1) is 0 Å². The summed E-state index contributed by atoms with van der Waals surface area (Å²) in [6, 6.07) is 13.0. The number of hydrogen-bond donors (Lipinski definition) is 4. The van der Waals surface area contributed by atoms with E-state index in [0.717, 1.165) is 35.6 Å². The molecule has 0 saturated carbocycles. The summed E-state index contributed by atoms with van der Waals surface area (Å²) < 4.78 is 51.9. The van der Waals surface area contributed by atoms with Crippen molar-refractivity contribution in [2.45, 2.75) is 9.10 Å². The zero-order chi connectivity index (χ0) is 22.6. The second kappa shape index (κ2) is 8.85. The number of amides is 1. The van der Waals surface area contributed by atoms with Gasteiger partial charge in [0.05, 0.1) is 21.7 Å². The maximum Gasteiger partial charge on any atom is 0.335 e. The summed E-state index contributed by atoms with van der Waals surface area (Å²) in [6.45, 7) is 0. The predicted molar refractivity (Wildman–Crippen MR) is 113 cm³/mol. The quantitative estimate of drug-likeness (QED) is 0.357. The van der Waals surface area contributed by atoms with E-state index in [1.807, 2.05) is 10.3 Å². The number of carbonyl (C=O) groups is 2. The minimum Gasteiger partial charge on any atom is -0.478 e. The van der Waals surface area contributed by atoms with Crippen LogP contribution < -0.4 is 15.0 Å². The standard InChI is InChI=1S/C18H15N3O7S3/c22-17(19-21-30(25,26)13-9-7-12(8-10-13)18(23)24)14-4-1-2-5-15(14)20-31(27,28)16-6-3-11-29-16/h1-11,20-21H,(H,19,22)(H,23,24). The number of hydrazine groups is 1. The smallest absolute Gasteiger partial charge is 0.335 e. The minimum absolute atomic E-state index is 0.0431. The Labute approximate surface area is 181 Å². The summed E-state index contributed by atoms with van der Waals surface area (Å²) in [5.74, 6) is -2.12. The van der Waals surface area contributed by atoms with Crippen molar-refractivity contribution in [1.29, 1.82) is 0 Å². The Morgan fingerprint density at radius 3 is 2.13 bits per heavy atom. The van der Waals surface area contributed by atoms with Crippen molar-refractivity contribution < 1.29 is 31.5 Å². The summed E-state index contributed by atoms with van der Waals surface area (Å²) in [4.78, 5) is 25.0. The van der Waals surface area contributed by atoms with Gasteiger partial charge in [-0.3, -0.25) is 14.9 Å². The summed E-state index contributed by atoms with van der Waals surface area (Å²) >= 11 is 0.998. The third-order valence-corrected chi connectivity index (χ3v) is 7.91. The van der Waals surface area contributed by atoms with E-state index in [-0.39, 0.29) is 25.9 Å². The van der Waals surface area contributed by atoms with E-state index in [9.17, 15) is 26.4 Å². The number of rotatable bonds is 8. The van der Waals surface area contributed by atoms with Crippen LogP contribution in [0.5, 0.6) is 0 Å². The average Bonchev–Trinajstić information content (AvgIpc) is 3.28. The number of carbonyl (C=O) groups excluding carboxylic acids is 1. The van der Waals surface area contributed by atoms with Crippen molar-refractivity contribution in [2.24, 2.45) is 0 Å². The maximum atomic E-state index is 12.5. The van der Waals surface area contributed by atoms with Crippen LogP contribution in [0.15, 0.2) is 75.1 Å². The van der Waals surface area contributed by atoms with E-state index >= 15 is 0 Å². The van der Waals surface area contributed by atoms with Gasteiger partial charge in [-0.2, -0.15) is 0 Å². The van der Waals surface area contributed by atoms with Crippen LogP contribution in [0.1, 0.15) is 20.7 Å². The molecule has 0 aliphatic rings. The molecule has 0 saturated heterocycles. The Kier molecular flexibility index (Phi) is 6.40. The van der Waals surface area contributed by atoms with Crippen molar-refractivity contribution in [3.05, 3.63) is 77.2 Å². The first kappa shape index (κ1) is 22.4. The number of aromatic carboxylic acids is 1. The molecule has 13 heteroatoms. The molecule has 3 rings (SSSR count). The number of carboxylic acids is 1. The van der Waals surface area contributed by atoms with Gasteiger partial charge in [-0.15, -0.1) is 16.2 Å². The molecule has 0 atom stereocenters. The highest BCUT2D eigenvalue weighted by Gasteiger charge is 2.21. The van der Waals surface area contributed by atoms with Gasteiger partial charge in [-0.1, -0.05) is 18.2 Å². The molecule has 0 radical (unpaired) electrons.